The van der Waals surface area contributed by atoms with Crippen molar-refractivity contribution in [3.63, 3.8) is 0 Å². The van der Waals surface area contributed by atoms with Gasteiger partial charge in [-0.25, -0.2) is 0 Å². The molecular weight excluding hydrogens is 354 g/mol. The van der Waals surface area contributed by atoms with E-state index in [1.54, 1.807) is 12.1 Å². The minimum Gasteiger partial charge on any atom is -0.482 e. The summed E-state index contributed by atoms with van der Waals surface area (Å²) in [4.78, 5) is 28.4. The first-order chi connectivity index (χ1) is 13.5. The van der Waals surface area contributed by atoms with E-state index < -0.39 is 0 Å². The lowest BCUT2D eigenvalue weighted by Crippen LogP contribution is -2.46. The van der Waals surface area contributed by atoms with Gasteiger partial charge in [-0.3, -0.25) is 14.5 Å². The van der Waals surface area contributed by atoms with Gasteiger partial charge in [-0.15, -0.1) is 0 Å². The topological polar surface area (TPSA) is 61.9 Å². The van der Waals surface area contributed by atoms with Crippen LogP contribution < -0.4 is 15.0 Å². The molecule has 0 saturated carbocycles. The lowest BCUT2D eigenvalue weighted by molar-refractivity contribution is -0.125. The van der Waals surface area contributed by atoms with Crippen LogP contribution in [0.15, 0.2) is 48.5 Å². The molecule has 6 nitrogen and oxygen atoms in total. The monoisotopic (exact) mass is 381 g/mol. The number of para-hydroxylation sites is 2. The number of hydrogen-bond acceptors (Lipinski definition) is 4. The van der Waals surface area contributed by atoms with Crippen molar-refractivity contribution in [1.29, 1.82) is 0 Å². The van der Waals surface area contributed by atoms with Crippen molar-refractivity contribution in [3.05, 3.63) is 59.7 Å². The molecule has 6 heteroatoms. The number of carbonyl (C=O) groups excluding carboxylic acids is 2. The molecule has 1 atom stereocenters. The number of anilines is 1. The summed E-state index contributed by atoms with van der Waals surface area (Å²) in [5.74, 6) is 0.215. The van der Waals surface area contributed by atoms with Crippen LogP contribution in [0.1, 0.15) is 24.1 Å². The Labute approximate surface area is 166 Å². The molecule has 1 aliphatic heterocycles. The minimum absolute atomic E-state index is 0.0197. The number of aryl methyl sites for hydroxylation is 1. The van der Waals surface area contributed by atoms with Crippen LogP contribution in [0.4, 0.5) is 5.69 Å². The maximum atomic E-state index is 12.6. The predicted octanol–water partition coefficient (Wildman–Crippen LogP) is 2.39. The lowest BCUT2D eigenvalue weighted by atomic mass is 10.0. The number of hydrogen-bond donors (Lipinski definition) is 1. The molecule has 0 radical (unpaired) electrons. The van der Waals surface area contributed by atoms with Crippen LogP contribution in [0.5, 0.6) is 5.75 Å². The number of fused-ring (bicyclic) bond motifs is 1. The molecule has 0 aromatic heterocycles. The van der Waals surface area contributed by atoms with Crippen LogP contribution in [0.3, 0.4) is 0 Å². The molecule has 28 heavy (non-hydrogen) atoms. The van der Waals surface area contributed by atoms with Gasteiger partial charge in [-0.1, -0.05) is 43.3 Å². The smallest absolute Gasteiger partial charge is 0.265 e. The largest absolute Gasteiger partial charge is 0.482 e. The van der Waals surface area contributed by atoms with Crippen molar-refractivity contribution in [2.24, 2.45) is 0 Å². The summed E-state index contributed by atoms with van der Waals surface area (Å²) in [5.41, 5.74) is 3.07. The van der Waals surface area contributed by atoms with Crippen molar-refractivity contribution in [1.82, 2.24) is 10.2 Å². The number of benzene rings is 2. The van der Waals surface area contributed by atoms with E-state index in [-0.39, 0.29) is 31.0 Å². The number of rotatable bonds is 7. The van der Waals surface area contributed by atoms with E-state index in [2.05, 4.69) is 41.4 Å². The number of nitrogens with zero attached hydrogens (tertiary/aromatic N) is 2. The highest BCUT2D eigenvalue weighted by atomic mass is 16.5. The second-order valence-corrected chi connectivity index (χ2v) is 7.11. The van der Waals surface area contributed by atoms with Gasteiger partial charge in [0.05, 0.1) is 11.7 Å². The summed E-state index contributed by atoms with van der Waals surface area (Å²) in [6, 6.07) is 15.8. The number of amides is 2. The number of nitrogens with one attached hydrogen (secondary N) is 1. The van der Waals surface area contributed by atoms with Gasteiger partial charge in [0.1, 0.15) is 12.3 Å². The third kappa shape index (κ3) is 4.51. The predicted molar refractivity (Wildman–Crippen MR) is 110 cm³/mol. The Bertz CT molecular complexity index is 833. The highest BCUT2D eigenvalue weighted by Gasteiger charge is 2.27. The van der Waals surface area contributed by atoms with Crippen molar-refractivity contribution in [2.45, 2.75) is 19.4 Å². The van der Waals surface area contributed by atoms with E-state index in [1.165, 1.54) is 10.5 Å². The van der Waals surface area contributed by atoms with Crippen molar-refractivity contribution >= 4 is 17.5 Å². The first-order valence-electron chi connectivity index (χ1n) is 9.53. The molecule has 0 bridgehead atoms. The normalized spacial score (nSPS) is 14.4. The molecule has 148 valence electrons. The van der Waals surface area contributed by atoms with Crippen LogP contribution in [0.2, 0.25) is 0 Å². The Morgan fingerprint density at radius 3 is 2.57 bits per heavy atom. The van der Waals surface area contributed by atoms with Gasteiger partial charge >= 0.3 is 0 Å². The molecule has 2 amide bonds. The average molecular weight is 381 g/mol. The van der Waals surface area contributed by atoms with E-state index in [9.17, 15) is 9.59 Å². The van der Waals surface area contributed by atoms with Crippen molar-refractivity contribution in [2.75, 3.05) is 38.7 Å². The fraction of sp³-hybridized carbons (Fsp3) is 0.364. The molecule has 2 aromatic carbocycles. The van der Waals surface area contributed by atoms with E-state index in [0.717, 1.165) is 12.0 Å². The van der Waals surface area contributed by atoms with E-state index in [1.807, 2.05) is 26.2 Å². The molecule has 1 heterocycles. The van der Waals surface area contributed by atoms with Crippen LogP contribution in [-0.2, 0) is 16.0 Å². The van der Waals surface area contributed by atoms with Gasteiger partial charge < -0.3 is 15.0 Å². The fourth-order valence-electron chi connectivity index (χ4n) is 3.31. The summed E-state index contributed by atoms with van der Waals surface area (Å²) in [5, 5.41) is 2.97. The molecule has 3 rings (SSSR count). The van der Waals surface area contributed by atoms with Gasteiger partial charge in [0.15, 0.2) is 6.61 Å². The standard InChI is InChI=1S/C22H27N3O3/c1-4-16-9-11-17(12-10-16)19(24(2)3)13-23-21(26)14-25-18-7-5-6-8-20(18)28-15-22(25)27/h5-12,19H,4,13-15H2,1-3H3,(H,23,26). The third-order valence-electron chi connectivity index (χ3n) is 5.00. The zero-order valence-corrected chi connectivity index (χ0v) is 16.6. The molecule has 0 aliphatic carbocycles. The van der Waals surface area contributed by atoms with Crippen LogP contribution in [0.25, 0.3) is 0 Å². The van der Waals surface area contributed by atoms with E-state index in [0.29, 0.717) is 18.0 Å². The van der Waals surface area contributed by atoms with Gasteiger partial charge in [-0.05, 0) is 43.8 Å². The quantitative estimate of drug-likeness (QED) is 0.800. The van der Waals surface area contributed by atoms with Crippen molar-refractivity contribution in [3.8, 4) is 5.75 Å². The summed E-state index contributed by atoms with van der Waals surface area (Å²) in [6.07, 6.45) is 0.999. The Morgan fingerprint density at radius 1 is 1.18 bits per heavy atom. The maximum absolute atomic E-state index is 12.6. The van der Waals surface area contributed by atoms with Crippen LogP contribution >= 0.6 is 0 Å². The third-order valence-corrected chi connectivity index (χ3v) is 5.00. The Hall–Kier alpha value is -2.86. The number of likely N-dealkylation sites (N-methyl/N-ethyl adjacent to an activating group) is 1. The molecule has 0 saturated heterocycles. The minimum atomic E-state index is -0.215. The molecular formula is C22H27N3O3. The first kappa shape index (κ1) is 19.9. The second-order valence-electron chi connectivity index (χ2n) is 7.11. The highest BCUT2D eigenvalue weighted by molar-refractivity contribution is 6.02. The molecule has 1 unspecified atom stereocenters. The molecule has 2 aromatic rings. The van der Waals surface area contributed by atoms with E-state index in [4.69, 9.17) is 4.74 Å². The fourth-order valence-corrected chi connectivity index (χ4v) is 3.31. The molecule has 0 fully saturated rings. The average Bonchev–Trinajstić information content (AvgIpc) is 2.70. The zero-order chi connectivity index (χ0) is 20.1. The maximum Gasteiger partial charge on any atom is 0.265 e. The van der Waals surface area contributed by atoms with Crippen LogP contribution in [-0.4, -0.2) is 50.5 Å². The van der Waals surface area contributed by atoms with E-state index >= 15 is 0 Å². The van der Waals surface area contributed by atoms with Crippen molar-refractivity contribution < 1.29 is 14.3 Å². The second kappa shape index (κ2) is 8.89. The Morgan fingerprint density at radius 2 is 1.89 bits per heavy atom. The van der Waals surface area contributed by atoms with Gasteiger partial charge in [0, 0.05) is 6.54 Å². The molecule has 0 spiro atoms. The first-order valence-corrected chi connectivity index (χ1v) is 9.53. The number of ether oxygens (including phenoxy) is 1. The summed E-state index contributed by atoms with van der Waals surface area (Å²) >= 11 is 0. The van der Waals surface area contributed by atoms with Crippen LogP contribution in [0, 0.1) is 0 Å². The van der Waals surface area contributed by atoms with Gasteiger partial charge in [0.25, 0.3) is 5.91 Å². The zero-order valence-electron chi connectivity index (χ0n) is 16.6. The molecule has 1 N–H and O–H groups in total. The Balaban J connectivity index is 1.64. The summed E-state index contributed by atoms with van der Waals surface area (Å²) in [6.45, 7) is 2.53. The SMILES string of the molecule is CCc1ccc(C(CNC(=O)CN2C(=O)COc3ccccc32)N(C)C)cc1. The summed E-state index contributed by atoms with van der Waals surface area (Å²) in [7, 11) is 3.98. The Kier molecular flexibility index (Phi) is 6.31. The lowest BCUT2D eigenvalue weighted by Gasteiger charge is -2.29. The highest BCUT2D eigenvalue weighted by Crippen LogP contribution is 2.31. The summed E-state index contributed by atoms with van der Waals surface area (Å²) < 4.78 is 5.42. The van der Waals surface area contributed by atoms with Gasteiger partial charge in [0.2, 0.25) is 5.91 Å². The number of carbonyl (C=O) groups is 2. The van der Waals surface area contributed by atoms with Gasteiger partial charge in [-0.2, -0.15) is 0 Å². The molecule has 1 aliphatic rings.